The van der Waals surface area contributed by atoms with E-state index in [1.54, 1.807) is 45.0 Å². The van der Waals surface area contributed by atoms with Gasteiger partial charge in [-0.05, 0) is 33.3 Å². The first-order valence-corrected chi connectivity index (χ1v) is 10.8. The zero-order valence-electron chi connectivity index (χ0n) is 18.8. The number of halogens is 4. The number of amides is 2. The first-order chi connectivity index (χ1) is 15.9. The predicted octanol–water partition coefficient (Wildman–Crippen LogP) is 4.48. The lowest BCUT2D eigenvalue weighted by Gasteiger charge is -2.31. The molecule has 2 aromatic carbocycles. The molecule has 2 heterocycles. The van der Waals surface area contributed by atoms with Crippen molar-refractivity contribution in [2.75, 3.05) is 13.1 Å². The van der Waals surface area contributed by atoms with Gasteiger partial charge in [-0.1, -0.05) is 18.2 Å². The van der Waals surface area contributed by atoms with Gasteiger partial charge in [-0.15, -0.1) is 0 Å². The molecular formula is C24H24F4N2O4. The average Bonchev–Trinajstić information content (AvgIpc) is 3.27. The molecule has 3 atom stereocenters. The van der Waals surface area contributed by atoms with Crippen LogP contribution in [0.25, 0.3) is 0 Å². The maximum absolute atomic E-state index is 14.5. The molecule has 0 aliphatic carbocycles. The molecule has 0 radical (unpaired) electrons. The van der Waals surface area contributed by atoms with Crippen molar-refractivity contribution >= 4 is 12.0 Å². The van der Waals surface area contributed by atoms with Gasteiger partial charge in [-0.25, -0.2) is 22.4 Å². The minimum Gasteiger partial charge on any atom is -0.444 e. The minimum absolute atomic E-state index is 0.108. The van der Waals surface area contributed by atoms with E-state index in [4.69, 9.17) is 4.74 Å². The van der Waals surface area contributed by atoms with E-state index < -0.39 is 64.6 Å². The van der Waals surface area contributed by atoms with Crippen molar-refractivity contribution < 1.29 is 37.0 Å². The van der Waals surface area contributed by atoms with Crippen molar-refractivity contribution in [3.05, 3.63) is 70.3 Å². The van der Waals surface area contributed by atoms with Gasteiger partial charge in [0.1, 0.15) is 5.60 Å². The molecule has 182 valence electrons. The second-order valence-corrected chi connectivity index (χ2v) is 9.52. The Balaban J connectivity index is 1.66. The summed E-state index contributed by atoms with van der Waals surface area (Å²) in [6, 6.07) is 5.77. The number of fused-ring (bicyclic) bond motifs is 1. The Morgan fingerprint density at radius 3 is 2.32 bits per heavy atom. The Bertz CT molecular complexity index is 1120. The summed E-state index contributed by atoms with van der Waals surface area (Å²) in [5.41, 5.74) is -0.988. The van der Waals surface area contributed by atoms with E-state index >= 15 is 0 Å². The van der Waals surface area contributed by atoms with Crippen LogP contribution in [0.3, 0.4) is 0 Å². The number of benzene rings is 2. The second-order valence-electron chi connectivity index (χ2n) is 9.52. The molecule has 0 bridgehead atoms. The van der Waals surface area contributed by atoms with Crippen molar-refractivity contribution in [1.29, 1.82) is 0 Å². The van der Waals surface area contributed by atoms with Crippen molar-refractivity contribution in [3.63, 3.8) is 0 Å². The molecule has 1 N–H and O–H groups in total. The average molecular weight is 480 g/mol. The van der Waals surface area contributed by atoms with Gasteiger partial charge in [0.2, 0.25) is 0 Å². The lowest BCUT2D eigenvalue weighted by molar-refractivity contribution is -0.00315. The van der Waals surface area contributed by atoms with Crippen LogP contribution in [-0.4, -0.2) is 51.6 Å². The number of carbonyl (C=O) groups excluding carboxylic acids is 2. The second kappa shape index (κ2) is 8.57. The molecule has 34 heavy (non-hydrogen) atoms. The van der Waals surface area contributed by atoms with Crippen LogP contribution in [0.5, 0.6) is 0 Å². The fourth-order valence-corrected chi connectivity index (χ4v) is 4.55. The Hall–Kier alpha value is -3.14. The van der Waals surface area contributed by atoms with Gasteiger partial charge in [-0.3, -0.25) is 4.79 Å². The summed E-state index contributed by atoms with van der Waals surface area (Å²) >= 11 is 0. The molecule has 10 heteroatoms. The van der Waals surface area contributed by atoms with Crippen molar-refractivity contribution in [3.8, 4) is 0 Å². The number of likely N-dealkylation sites (tertiary alicyclic amines) is 1. The van der Waals surface area contributed by atoms with Gasteiger partial charge < -0.3 is 19.6 Å². The van der Waals surface area contributed by atoms with E-state index in [2.05, 4.69) is 0 Å². The first kappa shape index (κ1) is 24.0. The smallest absolute Gasteiger partial charge is 0.410 e. The number of nitrogens with zero attached hydrogens (tertiary/aromatic N) is 2. The summed E-state index contributed by atoms with van der Waals surface area (Å²) in [6.45, 7) is 4.45. The van der Waals surface area contributed by atoms with E-state index in [1.165, 1.54) is 4.90 Å². The van der Waals surface area contributed by atoms with Crippen molar-refractivity contribution in [1.82, 2.24) is 9.80 Å². The monoisotopic (exact) mass is 480 g/mol. The van der Waals surface area contributed by atoms with Gasteiger partial charge in [-0.2, -0.15) is 0 Å². The maximum atomic E-state index is 14.5. The molecule has 2 amide bonds. The SMILES string of the molecule is CC(C)(C)OC(=O)N1C[C@@H](c2c(F)c(F)cc(F)c2F)CC1CN1C(=O)c2ccccc2C1O. The summed E-state index contributed by atoms with van der Waals surface area (Å²) in [6.07, 6.45) is -2.19. The zero-order valence-corrected chi connectivity index (χ0v) is 18.8. The Labute approximate surface area is 193 Å². The molecule has 1 saturated heterocycles. The number of rotatable bonds is 3. The van der Waals surface area contributed by atoms with Gasteiger partial charge >= 0.3 is 6.09 Å². The number of aliphatic hydroxyl groups is 1. The number of hydrogen-bond donors (Lipinski definition) is 1. The zero-order chi connectivity index (χ0) is 24.9. The third-order valence-corrected chi connectivity index (χ3v) is 6.03. The van der Waals surface area contributed by atoms with Gasteiger partial charge in [0.15, 0.2) is 29.5 Å². The molecule has 2 aromatic rings. The van der Waals surface area contributed by atoms with Crippen LogP contribution < -0.4 is 0 Å². The molecule has 2 aliphatic heterocycles. The highest BCUT2D eigenvalue weighted by molar-refractivity contribution is 5.98. The molecule has 0 spiro atoms. The van der Waals surface area contributed by atoms with E-state index in [-0.39, 0.29) is 25.6 Å². The van der Waals surface area contributed by atoms with E-state index in [1.807, 2.05) is 0 Å². The third-order valence-electron chi connectivity index (χ3n) is 6.03. The highest BCUT2D eigenvalue weighted by Gasteiger charge is 2.45. The number of ether oxygens (including phenoxy) is 1. The topological polar surface area (TPSA) is 70.1 Å². The standard InChI is InChI=1S/C24H24F4N2O4/c1-24(2,3)34-23(33)29-10-12(18-19(27)16(25)9-17(26)20(18)28)8-13(29)11-30-21(31)14-6-4-5-7-15(14)22(30)32/h4-7,9,12-13,21,31H,8,10-11H2,1-3H3/t12-,13?,21?/m0/s1. The van der Waals surface area contributed by atoms with Gasteiger partial charge in [0, 0.05) is 41.8 Å². The summed E-state index contributed by atoms with van der Waals surface area (Å²) in [5.74, 6) is -7.70. The fraction of sp³-hybridized carbons (Fsp3) is 0.417. The van der Waals surface area contributed by atoms with Crippen molar-refractivity contribution in [2.45, 2.75) is 51.0 Å². The number of aliphatic hydroxyl groups excluding tert-OH is 1. The Morgan fingerprint density at radius 2 is 1.74 bits per heavy atom. The van der Waals surface area contributed by atoms with E-state index in [9.17, 15) is 32.3 Å². The molecule has 0 saturated carbocycles. The Morgan fingerprint density at radius 1 is 1.12 bits per heavy atom. The van der Waals surface area contributed by atoms with Crippen molar-refractivity contribution in [2.24, 2.45) is 0 Å². The van der Waals surface area contributed by atoms with E-state index in [0.717, 1.165) is 4.90 Å². The predicted molar refractivity (Wildman–Crippen MR) is 113 cm³/mol. The normalized spacial score (nSPS) is 22.4. The van der Waals surface area contributed by atoms with Crippen LogP contribution in [0.2, 0.25) is 0 Å². The third kappa shape index (κ3) is 4.22. The summed E-state index contributed by atoms with van der Waals surface area (Å²) in [7, 11) is 0. The summed E-state index contributed by atoms with van der Waals surface area (Å²) in [4.78, 5) is 28.1. The molecule has 4 rings (SSSR count). The number of hydrogen-bond acceptors (Lipinski definition) is 4. The summed E-state index contributed by atoms with van der Waals surface area (Å²) in [5, 5.41) is 10.7. The number of carbonyl (C=O) groups is 2. The highest BCUT2D eigenvalue weighted by atomic mass is 19.2. The van der Waals surface area contributed by atoms with Crippen LogP contribution in [0.1, 0.15) is 60.8 Å². The molecule has 2 aliphatic rings. The largest absolute Gasteiger partial charge is 0.444 e. The highest BCUT2D eigenvalue weighted by Crippen LogP contribution is 2.39. The van der Waals surface area contributed by atoms with Gasteiger partial charge in [0.25, 0.3) is 5.91 Å². The van der Waals surface area contributed by atoms with Gasteiger partial charge in [0.05, 0.1) is 6.04 Å². The Kier molecular flexibility index (Phi) is 6.05. The molecular weight excluding hydrogens is 456 g/mol. The molecule has 6 nitrogen and oxygen atoms in total. The van der Waals surface area contributed by atoms with Crippen LogP contribution in [-0.2, 0) is 4.74 Å². The fourth-order valence-electron chi connectivity index (χ4n) is 4.55. The van der Waals surface area contributed by atoms with Crippen LogP contribution in [0.15, 0.2) is 30.3 Å². The molecule has 1 fully saturated rings. The summed E-state index contributed by atoms with van der Waals surface area (Å²) < 4.78 is 62.1. The lowest BCUT2D eigenvalue weighted by atomic mass is 9.94. The van der Waals surface area contributed by atoms with Crippen LogP contribution in [0.4, 0.5) is 22.4 Å². The van der Waals surface area contributed by atoms with E-state index in [0.29, 0.717) is 11.1 Å². The minimum atomic E-state index is -1.54. The van der Waals surface area contributed by atoms with Crippen LogP contribution in [0, 0.1) is 23.3 Å². The quantitative estimate of drug-likeness (QED) is 0.520. The van der Waals surface area contributed by atoms with Crippen LogP contribution >= 0.6 is 0 Å². The molecule has 0 aromatic heterocycles. The first-order valence-electron chi connectivity index (χ1n) is 10.8. The molecule has 2 unspecified atom stereocenters. The lowest BCUT2D eigenvalue weighted by Crippen LogP contribution is -2.46. The maximum Gasteiger partial charge on any atom is 0.410 e.